The summed E-state index contributed by atoms with van der Waals surface area (Å²) in [6.45, 7) is 1.38. The highest BCUT2D eigenvalue weighted by atomic mass is 19.1. The minimum absolute atomic E-state index is 0.000711. The smallest absolute Gasteiger partial charge is 0.256 e. The van der Waals surface area contributed by atoms with Gasteiger partial charge in [-0.05, 0) is 55.4 Å². The van der Waals surface area contributed by atoms with E-state index in [0.29, 0.717) is 30.5 Å². The molecule has 1 aromatic carbocycles. The van der Waals surface area contributed by atoms with Crippen molar-refractivity contribution < 1.29 is 9.18 Å². The van der Waals surface area contributed by atoms with E-state index in [0.717, 1.165) is 48.0 Å². The van der Waals surface area contributed by atoms with Crippen LogP contribution in [0.2, 0.25) is 0 Å². The van der Waals surface area contributed by atoms with Gasteiger partial charge >= 0.3 is 0 Å². The van der Waals surface area contributed by atoms with Crippen LogP contribution in [0.15, 0.2) is 36.8 Å². The first kappa shape index (κ1) is 16.4. The first-order valence-electron chi connectivity index (χ1n) is 9.57. The molecule has 1 saturated heterocycles. The second-order valence-corrected chi connectivity index (χ2v) is 7.60. The van der Waals surface area contributed by atoms with Crippen molar-refractivity contribution in [3.05, 3.63) is 59.6 Å². The standard InChI is InChI=1S/C21H21FN4O/c22-16-3-4-19-17(9-16)18(12-23-19)13-5-7-26(8-6-13)21(27)15-10-24-20(25-11-15)14-1-2-14/h3-4,9-14,23H,1-2,5-8H2. The van der Waals surface area contributed by atoms with E-state index >= 15 is 0 Å². The topological polar surface area (TPSA) is 61.9 Å². The van der Waals surface area contributed by atoms with Crippen LogP contribution in [0.3, 0.4) is 0 Å². The largest absolute Gasteiger partial charge is 0.361 e. The van der Waals surface area contributed by atoms with Crippen molar-refractivity contribution >= 4 is 16.8 Å². The van der Waals surface area contributed by atoms with Gasteiger partial charge in [-0.1, -0.05) is 0 Å². The molecular formula is C21H21FN4O. The molecule has 6 heteroatoms. The molecule has 0 radical (unpaired) electrons. The van der Waals surface area contributed by atoms with Crippen LogP contribution in [-0.2, 0) is 0 Å². The number of aromatic amines is 1. The number of benzene rings is 1. The van der Waals surface area contributed by atoms with Crippen LogP contribution in [0.5, 0.6) is 0 Å². The summed E-state index contributed by atoms with van der Waals surface area (Å²) in [5.74, 6) is 1.47. The first-order valence-corrected chi connectivity index (χ1v) is 9.57. The third-order valence-electron chi connectivity index (χ3n) is 5.76. The third kappa shape index (κ3) is 3.09. The van der Waals surface area contributed by atoms with Gasteiger partial charge in [0.25, 0.3) is 5.91 Å². The highest BCUT2D eigenvalue weighted by Gasteiger charge is 2.28. The number of fused-ring (bicyclic) bond motifs is 1. The number of carbonyl (C=O) groups excluding carboxylic acids is 1. The molecular weight excluding hydrogens is 343 g/mol. The molecule has 0 unspecified atom stereocenters. The zero-order valence-electron chi connectivity index (χ0n) is 15.0. The number of piperidine rings is 1. The lowest BCUT2D eigenvalue weighted by molar-refractivity contribution is 0.0712. The Morgan fingerprint density at radius 1 is 1.07 bits per heavy atom. The van der Waals surface area contributed by atoms with Gasteiger partial charge in [-0.3, -0.25) is 4.79 Å². The van der Waals surface area contributed by atoms with Gasteiger partial charge in [0.2, 0.25) is 0 Å². The molecule has 3 heterocycles. The lowest BCUT2D eigenvalue weighted by Crippen LogP contribution is -2.38. The van der Waals surface area contributed by atoms with E-state index in [1.54, 1.807) is 24.5 Å². The van der Waals surface area contributed by atoms with E-state index in [1.807, 2.05) is 11.1 Å². The Kier molecular flexibility index (Phi) is 3.92. The van der Waals surface area contributed by atoms with Gasteiger partial charge in [-0.15, -0.1) is 0 Å². The van der Waals surface area contributed by atoms with Crippen molar-refractivity contribution in [2.45, 2.75) is 37.5 Å². The Hall–Kier alpha value is -2.76. The van der Waals surface area contributed by atoms with Gasteiger partial charge in [0.15, 0.2) is 0 Å². The summed E-state index contributed by atoms with van der Waals surface area (Å²) < 4.78 is 13.6. The maximum Gasteiger partial charge on any atom is 0.256 e. The summed E-state index contributed by atoms with van der Waals surface area (Å²) in [7, 11) is 0. The lowest BCUT2D eigenvalue weighted by Gasteiger charge is -2.32. The van der Waals surface area contributed by atoms with Crippen LogP contribution >= 0.6 is 0 Å². The minimum Gasteiger partial charge on any atom is -0.361 e. The zero-order valence-corrected chi connectivity index (χ0v) is 15.0. The molecule has 5 nitrogen and oxygen atoms in total. The molecule has 0 atom stereocenters. The Labute approximate surface area is 156 Å². The van der Waals surface area contributed by atoms with Crippen LogP contribution in [0.4, 0.5) is 4.39 Å². The van der Waals surface area contributed by atoms with E-state index < -0.39 is 0 Å². The van der Waals surface area contributed by atoms with E-state index in [4.69, 9.17) is 0 Å². The van der Waals surface area contributed by atoms with Crippen LogP contribution in [0.1, 0.15) is 59.3 Å². The van der Waals surface area contributed by atoms with Crippen molar-refractivity contribution in [2.24, 2.45) is 0 Å². The summed E-state index contributed by atoms with van der Waals surface area (Å²) in [6.07, 6.45) is 9.36. The average Bonchev–Trinajstić information content (AvgIpc) is 3.48. The number of H-pyrrole nitrogens is 1. The molecule has 0 spiro atoms. The number of rotatable bonds is 3. The summed E-state index contributed by atoms with van der Waals surface area (Å²) >= 11 is 0. The molecule has 1 saturated carbocycles. The van der Waals surface area contributed by atoms with Gasteiger partial charge in [0.1, 0.15) is 11.6 Å². The normalized spacial score (nSPS) is 18.2. The van der Waals surface area contributed by atoms with Crippen LogP contribution < -0.4 is 0 Å². The zero-order chi connectivity index (χ0) is 18.4. The minimum atomic E-state index is -0.217. The van der Waals surface area contributed by atoms with E-state index in [9.17, 15) is 9.18 Å². The summed E-state index contributed by atoms with van der Waals surface area (Å²) in [5, 5.41) is 0.948. The molecule has 1 aliphatic heterocycles. The number of hydrogen-bond donors (Lipinski definition) is 1. The molecule has 138 valence electrons. The first-order chi connectivity index (χ1) is 13.2. The predicted octanol–water partition coefficient (Wildman–Crippen LogP) is 3.99. The highest BCUT2D eigenvalue weighted by molar-refractivity contribution is 5.93. The molecule has 2 fully saturated rings. The fourth-order valence-electron chi connectivity index (χ4n) is 4.03. The highest BCUT2D eigenvalue weighted by Crippen LogP contribution is 2.37. The summed E-state index contributed by atoms with van der Waals surface area (Å²) in [5.41, 5.74) is 2.67. The number of nitrogens with zero attached hydrogens (tertiary/aromatic N) is 3. The molecule has 0 bridgehead atoms. The fourth-order valence-corrected chi connectivity index (χ4v) is 4.03. The average molecular weight is 364 g/mol. The SMILES string of the molecule is O=C(c1cnc(C2CC2)nc1)N1CCC(c2c[nH]c3ccc(F)cc23)CC1. The summed E-state index contributed by atoms with van der Waals surface area (Å²) in [6, 6.07) is 4.84. The van der Waals surface area contributed by atoms with Crippen molar-refractivity contribution in [1.82, 2.24) is 19.9 Å². The molecule has 1 aliphatic carbocycles. The van der Waals surface area contributed by atoms with Crippen LogP contribution in [-0.4, -0.2) is 38.8 Å². The Bertz CT molecular complexity index is 985. The number of aromatic nitrogens is 3. The van der Waals surface area contributed by atoms with Crippen molar-refractivity contribution in [3.63, 3.8) is 0 Å². The Morgan fingerprint density at radius 2 is 1.81 bits per heavy atom. The fraction of sp³-hybridized carbons (Fsp3) is 0.381. The molecule has 5 rings (SSSR count). The Balaban J connectivity index is 1.27. The van der Waals surface area contributed by atoms with Crippen molar-refractivity contribution in [2.75, 3.05) is 13.1 Å². The molecule has 1 amide bonds. The number of halogens is 1. The molecule has 3 aromatic rings. The van der Waals surface area contributed by atoms with Gasteiger partial charge < -0.3 is 9.88 Å². The van der Waals surface area contributed by atoms with Crippen LogP contribution in [0, 0.1) is 5.82 Å². The number of likely N-dealkylation sites (tertiary alicyclic amines) is 1. The lowest BCUT2D eigenvalue weighted by atomic mass is 9.89. The van der Waals surface area contributed by atoms with Crippen molar-refractivity contribution in [3.8, 4) is 0 Å². The number of amides is 1. The quantitative estimate of drug-likeness (QED) is 0.764. The van der Waals surface area contributed by atoms with Crippen molar-refractivity contribution in [1.29, 1.82) is 0 Å². The molecule has 2 aliphatic rings. The second-order valence-electron chi connectivity index (χ2n) is 7.60. The van der Waals surface area contributed by atoms with E-state index in [-0.39, 0.29) is 11.7 Å². The van der Waals surface area contributed by atoms with Gasteiger partial charge in [-0.25, -0.2) is 14.4 Å². The number of carbonyl (C=O) groups is 1. The van der Waals surface area contributed by atoms with Gasteiger partial charge in [0.05, 0.1) is 5.56 Å². The monoisotopic (exact) mass is 364 g/mol. The van der Waals surface area contributed by atoms with Crippen LogP contribution in [0.25, 0.3) is 10.9 Å². The maximum absolute atomic E-state index is 13.6. The molecule has 2 aromatic heterocycles. The van der Waals surface area contributed by atoms with Gasteiger partial charge in [-0.2, -0.15) is 0 Å². The number of nitrogens with one attached hydrogen (secondary N) is 1. The third-order valence-corrected chi connectivity index (χ3v) is 5.76. The molecule has 1 N–H and O–H groups in total. The number of hydrogen-bond acceptors (Lipinski definition) is 3. The van der Waals surface area contributed by atoms with Gasteiger partial charge in [0, 0.05) is 48.5 Å². The second kappa shape index (κ2) is 6.44. The van der Waals surface area contributed by atoms with E-state index in [2.05, 4.69) is 15.0 Å². The predicted molar refractivity (Wildman–Crippen MR) is 100 cm³/mol. The summed E-state index contributed by atoms with van der Waals surface area (Å²) in [4.78, 5) is 26.6. The van der Waals surface area contributed by atoms with E-state index in [1.165, 1.54) is 6.07 Å². The maximum atomic E-state index is 13.6. The Morgan fingerprint density at radius 3 is 2.52 bits per heavy atom. The molecule has 27 heavy (non-hydrogen) atoms.